The van der Waals surface area contributed by atoms with Crippen molar-refractivity contribution in [3.05, 3.63) is 48.4 Å². The summed E-state index contributed by atoms with van der Waals surface area (Å²) in [4.78, 5) is 4.57. The molecule has 0 saturated carbocycles. The van der Waals surface area contributed by atoms with Crippen molar-refractivity contribution in [2.24, 2.45) is 0 Å². The molecule has 5 nitrogen and oxygen atoms in total. The Bertz CT molecular complexity index is 996. The van der Waals surface area contributed by atoms with E-state index in [2.05, 4.69) is 69.4 Å². The van der Waals surface area contributed by atoms with Crippen molar-refractivity contribution in [2.45, 2.75) is 33.2 Å². The van der Waals surface area contributed by atoms with E-state index in [-0.39, 0.29) is 0 Å². The van der Waals surface area contributed by atoms with Crippen LogP contribution in [0, 0.1) is 6.92 Å². The van der Waals surface area contributed by atoms with Crippen molar-refractivity contribution in [3.8, 4) is 0 Å². The van der Waals surface area contributed by atoms with E-state index in [0.29, 0.717) is 0 Å². The zero-order valence-electron chi connectivity index (χ0n) is 14.0. The van der Waals surface area contributed by atoms with Crippen molar-refractivity contribution in [1.82, 2.24) is 19.7 Å². The van der Waals surface area contributed by atoms with Crippen LogP contribution in [0.5, 0.6) is 0 Å². The van der Waals surface area contributed by atoms with E-state index in [4.69, 9.17) is 0 Å². The number of nitrogens with one attached hydrogen (secondary N) is 2. The number of aryl methyl sites for hydroxylation is 2. The number of hydrogen-bond acceptors (Lipinski definition) is 3. The van der Waals surface area contributed by atoms with Gasteiger partial charge in [-0.3, -0.25) is 5.10 Å². The van der Waals surface area contributed by atoms with Gasteiger partial charge in [0.05, 0.1) is 22.9 Å². The van der Waals surface area contributed by atoms with Gasteiger partial charge in [-0.05, 0) is 37.1 Å². The molecule has 4 aromatic rings. The summed E-state index contributed by atoms with van der Waals surface area (Å²) < 4.78 is 2.30. The van der Waals surface area contributed by atoms with E-state index in [1.807, 2.05) is 12.4 Å². The predicted molar refractivity (Wildman–Crippen MR) is 98.8 cm³/mol. The van der Waals surface area contributed by atoms with Crippen molar-refractivity contribution < 1.29 is 0 Å². The summed E-state index contributed by atoms with van der Waals surface area (Å²) >= 11 is 0. The Balaban J connectivity index is 1.78. The summed E-state index contributed by atoms with van der Waals surface area (Å²) in [6.45, 7) is 5.36. The first kappa shape index (κ1) is 14.8. The number of aromatic nitrogens is 4. The van der Waals surface area contributed by atoms with E-state index in [9.17, 15) is 0 Å². The van der Waals surface area contributed by atoms with Gasteiger partial charge >= 0.3 is 0 Å². The topological polar surface area (TPSA) is 58.5 Å². The first-order valence-electron chi connectivity index (χ1n) is 8.41. The highest BCUT2D eigenvalue weighted by Gasteiger charge is 2.11. The van der Waals surface area contributed by atoms with Gasteiger partial charge in [0.1, 0.15) is 5.82 Å². The second-order valence-corrected chi connectivity index (χ2v) is 6.17. The first-order valence-corrected chi connectivity index (χ1v) is 8.41. The zero-order chi connectivity index (χ0) is 16.5. The van der Waals surface area contributed by atoms with Crippen LogP contribution >= 0.6 is 0 Å². The molecule has 4 rings (SSSR count). The third kappa shape index (κ3) is 2.42. The number of benzene rings is 1. The highest BCUT2D eigenvalue weighted by molar-refractivity contribution is 5.98. The van der Waals surface area contributed by atoms with E-state index in [1.165, 1.54) is 23.9 Å². The van der Waals surface area contributed by atoms with Crippen LogP contribution in [0.15, 0.2) is 42.9 Å². The fourth-order valence-electron chi connectivity index (χ4n) is 3.16. The number of pyridine rings is 1. The fourth-order valence-corrected chi connectivity index (χ4v) is 3.16. The highest BCUT2D eigenvalue weighted by atomic mass is 15.1. The predicted octanol–water partition coefficient (Wildman–Crippen LogP) is 4.76. The van der Waals surface area contributed by atoms with Crippen LogP contribution in [0.25, 0.3) is 21.8 Å². The molecule has 1 aromatic carbocycles. The maximum absolute atomic E-state index is 4.57. The molecule has 0 bridgehead atoms. The lowest BCUT2D eigenvalue weighted by molar-refractivity contribution is 0.650. The number of fused-ring (bicyclic) bond motifs is 2. The van der Waals surface area contributed by atoms with Gasteiger partial charge in [-0.15, -0.1) is 0 Å². The van der Waals surface area contributed by atoms with Crippen LogP contribution in [0.4, 0.5) is 11.5 Å². The van der Waals surface area contributed by atoms with Crippen molar-refractivity contribution in [2.75, 3.05) is 5.32 Å². The summed E-state index contributed by atoms with van der Waals surface area (Å²) in [5.74, 6) is 0.888. The summed E-state index contributed by atoms with van der Waals surface area (Å²) in [5.41, 5.74) is 4.48. The second kappa shape index (κ2) is 6.00. The van der Waals surface area contributed by atoms with Gasteiger partial charge in [0.15, 0.2) is 0 Å². The van der Waals surface area contributed by atoms with Gasteiger partial charge in [-0.1, -0.05) is 19.4 Å². The molecule has 5 heteroatoms. The summed E-state index contributed by atoms with van der Waals surface area (Å²) in [7, 11) is 0. The van der Waals surface area contributed by atoms with Gasteiger partial charge in [0.2, 0.25) is 0 Å². The van der Waals surface area contributed by atoms with Crippen LogP contribution in [-0.2, 0) is 6.54 Å². The Labute approximate surface area is 140 Å². The monoisotopic (exact) mass is 319 g/mol. The average Bonchev–Trinajstić information content (AvgIpc) is 3.23. The van der Waals surface area contributed by atoms with Crippen molar-refractivity contribution in [1.29, 1.82) is 0 Å². The minimum Gasteiger partial charge on any atom is -0.347 e. The molecule has 0 aliphatic carbocycles. The molecule has 0 fully saturated rings. The number of hydrogen-bond donors (Lipinski definition) is 2. The molecule has 2 N–H and O–H groups in total. The molecular formula is C19H21N5. The molecule has 0 spiro atoms. The molecule has 0 saturated heterocycles. The third-order valence-electron chi connectivity index (χ3n) is 4.53. The lowest BCUT2D eigenvalue weighted by Crippen LogP contribution is -1.99. The number of anilines is 2. The standard InChI is InChI=1S/C19H21N5/c1-3-4-10-24-11-8-14-17(24)7-9-20-19(14)22-18-13(2)5-6-16-15(18)12-21-23-16/h5-9,11-12H,3-4,10H2,1-2H3,(H,20,22)(H,21,23). The van der Waals surface area contributed by atoms with Gasteiger partial charge in [-0.2, -0.15) is 5.10 Å². The number of aromatic amines is 1. The maximum atomic E-state index is 4.57. The normalized spacial score (nSPS) is 11.4. The average molecular weight is 319 g/mol. The Kier molecular flexibility index (Phi) is 3.69. The molecule has 3 aromatic heterocycles. The molecule has 0 aliphatic rings. The summed E-state index contributed by atoms with van der Waals surface area (Å²) in [6.07, 6.45) is 8.26. The van der Waals surface area contributed by atoms with Crippen LogP contribution in [0.2, 0.25) is 0 Å². The minimum absolute atomic E-state index is 0.888. The van der Waals surface area contributed by atoms with Gasteiger partial charge in [0.25, 0.3) is 0 Å². The number of nitrogens with zero attached hydrogens (tertiary/aromatic N) is 3. The molecule has 122 valence electrons. The Morgan fingerprint density at radius 3 is 2.96 bits per heavy atom. The maximum Gasteiger partial charge on any atom is 0.139 e. The van der Waals surface area contributed by atoms with E-state index >= 15 is 0 Å². The smallest absolute Gasteiger partial charge is 0.139 e. The SMILES string of the molecule is CCCCn1ccc2c(Nc3c(C)ccc4[nH]ncc34)nccc21. The van der Waals surface area contributed by atoms with E-state index < -0.39 is 0 Å². The first-order chi connectivity index (χ1) is 11.8. The Hall–Kier alpha value is -2.82. The molecule has 24 heavy (non-hydrogen) atoms. The molecular weight excluding hydrogens is 298 g/mol. The van der Waals surface area contributed by atoms with Crippen LogP contribution in [-0.4, -0.2) is 19.7 Å². The molecule has 3 heterocycles. The largest absolute Gasteiger partial charge is 0.347 e. The van der Waals surface area contributed by atoms with Crippen LogP contribution < -0.4 is 5.32 Å². The van der Waals surface area contributed by atoms with E-state index in [1.54, 1.807) is 0 Å². The molecule has 0 atom stereocenters. The van der Waals surface area contributed by atoms with Crippen molar-refractivity contribution >= 4 is 33.3 Å². The lowest BCUT2D eigenvalue weighted by atomic mass is 10.1. The quantitative estimate of drug-likeness (QED) is 0.557. The molecule has 0 unspecified atom stereocenters. The second-order valence-electron chi connectivity index (χ2n) is 6.17. The highest BCUT2D eigenvalue weighted by Crippen LogP contribution is 2.31. The summed E-state index contributed by atoms with van der Waals surface area (Å²) in [6, 6.07) is 8.38. The van der Waals surface area contributed by atoms with Gasteiger partial charge < -0.3 is 9.88 Å². The molecule has 0 amide bonds. The third-order valence-corrected chi connectivity index (χ3v) is 4.53. The van der Waals surface area contributed by atoms with Crippen molar-refractivity contribution in [3.63, 3.8) is 0 Å². The lowest BCUT2D eigenvalue weighted by Gasteiger charge is -2.11. The number of unbranched alkanes of at least 4 members (excludes halogenated alkanes) is 1. The van der Waals surface area contributed by atoms with Gasteiger partial charge in [-0.25, -0.2) is 4.98 Å². The molecule has 0 radical (unpaired) electrons. The number of H-pyrrole nitrogens is 1. The Morgan fingerprint density at radius 1 is 1.17 bits per heavy atom. The minimum atomic E-state index is 0.888. The van der Waals surface area contributed by atoms with Crippen LogP contribution in [0.3, 0.4) is 0 Å². The zero-order valence-corrected chi connectivity index (χ0v) is 14.0. The van der Waals surface area contributed by atoms with Crippen LogP contribution in [0.1, 0.15) is 25.3 Å². The van der Waals surface area contributed by atoms with Gasteiger partial charge in [0, 0.05) is 29.7 Å². The number of rotatable bonds is 5. The summed E-state index contributed by atoms with van der Waals surface area (Å²) in [5, 5.41) is 12.9. The molecule has 0 aliphatic heterocycles. The van der Waals surface area contributed by atoms with E-state index in [0.717, 1.165) is 34.3 Å². The fraction of sp³-hybridized carbons (Fsp3) is 0.263. The Morgan fingerprint density at radius 2 is 2.08 bits per heavy atom.